The summed E-state index contributed by atoms with van der Waals surface area (Å²) in [5.74, 6) is 0.808. The van der Waals surface area contributed by atoms with E-state index in [9.17, 15) is 0 Å². The molecule has 0 saturated carbocycles. The average Bonchev–Trinajstić information content (AvgIpc) is 2.92. The monoisotopic (exact) mass is 301 g/mol. The van der Waals surface area contributed by atoms with Crippen LogP contribution in [0.1, 0.15) is 20.3 Å². The van der Waals surface area contributed by atoms with Crippen molar-refractivity contribution in [3.63, 3.8) is 0 Å². The number of fused-ring (bicyclic) bond motifs is 1. The number of rotatable bonds is 4. The predicted molar refractivity (Wildman–Crippen MR) is 85.0 cm³/mol. The first-order valence-corrected chi connectivity index (χ1v) is 7.28. The standard InChI is InChI=1S/C15H16ClN5/c1-3-10(2)20-14-13-8-19-21(15(13)18-9-17-14)12-6-4-5-11(16)7-12/h4-10H,3H2,1-2H3,(H,17,18,20)/t10-/m0/s1. The first-order valence-electron chi connectivity index (χ1n) is 6.90. The van der Waals surface area contributed by atoms with E-state index in [4.69, 9.17) is 11.6 Å². The van der Waals surface area contributed by atoms with Crippen LogP contribution in [-0.2, 0) is 0 Å². The molecule has 1 aromatic carbocycles. The van der Waals surface area contributed by atoms with Crippen LogP contribution in [0.3, 0.4) is 0 Å². The van der Waals surface area contributed by atoms with E-state index >= 15 is 0 Å². The number of aromatic nitrogens is 4. The van der Waals surface area contributed by atoms with Crippen molar-refractivity contribution in [3.05, 3.63) is 41.8 Å². The zero-order valence-corrected chi connectivity index (χ0v) is 12.7. The number of halogens is 1. The Morgan fingerprint density at radius 1 is 1.33 bits per heavy atom. The van der Waals surface area contributed by atoms with Gasteiger partial charge in [0.2, 0.25) is 0 Å². The molecule has 6 heteroatoms. The summed E-state index contributed by atoms with van der Waals surface area (Å²) < 4.78 is 1.77. The van der Waals surface area contributed by atoms with Gasteiger partial charge < -0.3 is 5.32 Å². The summed E-state index contributed by atoms with van der Waals surface area (Å²) in [6, 6.07) is 7.88. The van der Waals surface area contributed by atoms with Gasteiger partial charge in [0.05, 0.1) is 17.3 Å². The molecule has 0 aliphatic rings. The third kappa shape index (κ3) is 2.69. The normalized spacial score (nSPS) is 12.5. The quantitative estimate of drug-likeness (QED) is 0.798. The topological polar surface area (TPSA) is 55.6 Å². The molecule has 1 N–H and O–H groups in total. The summed E-state index contributed by atoms with van der Waals surface area (Å²) in [5, 5.41) is 9.37. The molecular weight excluding hydrogens is 286 g/mol. The van der Waals surface area contributed by atoms with Crippen LogP contribution in [0.25, 0.3) is 16.7 Å². The van der Waals surface area contributed by atoms with Gasteiger partial charge in [-0.2, -0.15) is 5.10 Å². The molecule has 0 fully saturated rings. The fourth-order valence-electron chi connectivity index (χ4n) is 2.09. The first kappa shape index (κ1) is 13.8. The Bertz CT molecular complexity index is 768. The number of nitrogens with zero attached hydrogens (tertiary/aromatic N) is 4. The molecule has 3 rings (SSSR count). The van der Waals surface area contributed by atoms with Gasteiger partial charge in [0, 0.05) is 11.1 Å². The highest BCUT2D eigenvalue weighted by Crippen LogP contribution is 2.23. The molecule has 0 unspecified atom stereocenters. The van der Waals surface area contributed by atoms with E-state index in [0.717, 1.165) is 29.0 Å². The average molecular weight is 302 g/mol. The lowest BCUT2D eigenvalue weighted by molar-refractivity contribution is 0.760. The smallest absolute Gasteiger partial charge is 0.168 e. The Kier molecular flexibility index (Phi) is 3.75. The molecule has 2 aromatic heterocycles. The van der Waals surface area contributed by atoms with Crippen LogP contribution in [0.5, 0.6) is 0 Å². The van der Waals surface area contributed by atoms with Gasteiger partial charge in [-0.15, -0.1) is 0 Å². The van der Waals surface area contributed by atoms with Crippen LogP contribution in [0, 0.1) is 0 Å². The Hall–Kier alpha value is -2.14. The van der Waals surface area contributed by atoms with Crippen LogP contribution < -0.4 is 5.32 Å². The minimum absolute atomic E-state index is 0.345. The van der Waals surface area contributed by atoms with Gasteiger partial charge in [-0.05, 0) is 31.5 Å². The maximum absolute atomic E-state index is 6.05. The largest absolute Gasteiger partial charge is 0.367 e. The number of hydrogen-bond acceptors (Lipinski definition) is 4. The molecule has 0 aliphatic heterocycles. The molecule has 5 nitrogen and oxygen atoms in total. The molecule has 1 atom stereocenters. The van der Waals surface area contributed by atoms with Crippen LogP contribution in [0.15, 0.2) is 36.8 Å². The molecule has 108 valence electrons. The number of hydrogen-bond donors (Lipinski definition) is 1. The maximum Gasteiger partial charge on any atom is 0.168 e. The molecule has 0 bridgehead atoms. The Morgan fingerprint density at radius 3 is 2.95 bits per heavy atom. The number of benzene rings is 1. The highest BCUT2D eigenvalue weighted by molar-refractivity contribution is 6.30. The van der Waals surface area contributed by atoms with Gasteiger partial charge in [0.15, 0.2) is 5.65 Å². The van der Waals surface area contributed by atoms with Crippen molar-refractivity contribution in [2.75, 3.05) is 5.32 Å². The second kappa shape index (κ2) is 5.69. The summed E-state index contributed by atoms with van der Waals surface area (Å²) in [5.41, 5.74) is 1.64. The molecule has 3 aromatic rings. The molecular formula is C15H16ClN5. The lowest BCUT2D eigenvalue weighted by atomic mass is 10.2. The van der Waals surface area contributed by atoms with Gasteiger partial charge in [-0.1, -0.05) is 24.6 Å². The van der Waals surface area contributed by atoms with Crippen LogP contribution in [0.4, 0.5) is 5.82 Å². The molecule has 21 heavy (non-hydrogen) atoms. The second-order valence-corrected chi connectivity index (χ2v) is 5.39. The van der Waals surface area contributed by atoms with E-state index in [1.165, 1.54) is 0 Å². The van der Waals surface area contributed by atoms with E-state index in [0.29, 0.717) is 11.1 Å². The Morgan fingerprint density at radius 2 is 2.19 bits per heavy atom. The molecule has 0 radical (unpaired) electrons. The second-order valence-electron chi connectivity index (χ2n) is 4.95. The summed E-state index contributed by atoms with van der Waals surface area (Å²) in [6.07, 6.45) is 4.35. The molecule has 0 aliphatic carbocycles. The van der Waals surface area contributed by atoms with Crippen molar-refractivity contribution >= 4 is 28.5 Å². The molecule has 0 spiro atoms. The Balaban J connectivity index is 2.09. The van der Waals surface area contributed by atoms with Gasteiger partial charge in [-0.3, -0.25) is 0 Å². The van der Waals surface area contributed by atoms with E-state index in [1.54, 1.807) is 17.2 Å². The highest BCUT2D eigenvalue weighted by Gasteiger charge is 2.12. The zero-order chi connectivity index (χ0) is 14.8. The fourth-order valence-corrected chi connectivity index (χ4v) is 2.28. The minimum atomic E-state index is 0.345. The summed E-state index contributed by atoms with van der Waals surface area (Å²) >= 11 is 6.05. The van der Waals surface area contributed by atoms with E-state index in [-0.39, 0.29) is 0 Å². The van der Waals surface area contributed by atoms with Gasteiger partial charge >= 0.3 is 0 Å². The first-order chi connectivity index (χ1) is 10.2. The van der Waals surface area contributed by atoms with E-state index in [2.05, 4.69) is 34.2 Å². The number of nitrogens with one attached hydrogen (secondary N) is 1. The van der Waals surface area contributed by atoms with Crippen molar-refractivity contribution in [3.8, 4) is 5.69 Å². The Labute approximate surface area is 128 Å². The third-order valence-electron chi connectivity index (χ3n) is 3.41. The summed E-state index contributed by atoms with van der Waals surface area (Å²) in [4.78, 5) is 8.67. The minimum Gasteiger partial charge on any atom is -0.367 e. The van der Waals surface area contributed by atoms with Gasteiger partial charge in [-0.25, -0.2) is 14.6 Å². The zero-order valence-electron chi connectivity index (χ0n) is 11.9. The fraction of sp³-hybridized carbons (Fsp3) is 0.267. The summed E-state index contributed by atoms with van der Waals surface area (Å²) in [6.45, 7) is 4.25. The molecule has 0 amide bonds. The lowest BCUT2D eigenvalue weighted by Crippen LogP contribution is -2.14. The van der Waals surface area contributed by atoms with Crippen molar-refractivity contribution in [2.45, 2.75) is 26.3 Å². The van der Waals surface area contributed by atoms with Crippen LogP contribution in [0.2, 0.25) is 5.02 Å². The highest BCUT2D eigenvalue weighted by atomic mass is 35.5. The summed E-state index contributed by atoms with van der Waals surface area (Å²) in [7, 11) is 0. The van der Waals surface area contributed by atoms with Crippen LogP contribution in [-0.4, -0.2) is 25.8 Å². The van der Waals surface area contributed by atoms with Crippen LogP contribution >= 0.6 is 11.6 Å². The lowest BCUT2D eigenvalue weighted by Gasteiger charge is -2.12. The molecule has 0 saturated heterocycles. The maximum atomic E-state index is 6.05. The molecule has 2 heterocycles. The van der Waals surface area contributed by atoms with Crippen molar-refractivity contribution in [1.82, 2.24) is 19.7 Å². The van der Waals surface area contributed by atoms with E-state index in [1.807, 2.05) is 24.3 Å². The van der Waals surface area contributed by atoms with Crippen molar-refractivity contribution in [2.24, 2.45) is 0 Å². The van der Waals surface area contributed by atoms with E-state index < -0.39 is 0 Å². The van der Waals surface area contributed by atoms with Gasteiger partial charge in [0.25, 0.3) is 0 Å². The van der Waals surface area contributed by atoms with Crippen molar-refractivity contribution < 1.29 is 0 Å². The number of anilines is 1. The van der Waals surface area contributed by atoms with Crippen molar-refractivity contribution in [1.29, 1.82) is 0 Å². The van der Waals surface area contributed by atoms with Gasteiger partial charge in [0.1, 0.15) is 12.1 Å². The SMILES string of the molecule is CC[C@H](C)Nc1ncnc2c1cnn2-c1cccc(Cl)c1. The third-order valence-corrected chi connectivity index (χ3v) is 3.65. The predicted octanol–water partition coefficient (Wildman–Crippen LogP) is 3.68.